The average Bonchev–Trinajstić information content (AvgIpc) is 3.45. The van der Waals surface area contributed by atoms with Gasteiger partial charge in [-0.3, -0.25) is 0 Å². The quantitative estimate of drug-likeness (QED) is 0.0976. The van der Waals surface area contributed by atoms with Gasteiger partial charge in [-0.2, -0.15) is 0 Å². The lowest BCUT2D eigenvalue weighted by atomic mass is 9.31. The smallest absolute Gasteiger partial charge is 0.186 e. The molecule has 0 spiro atoms. The van der Waals surface area contributed by atoms with Crippen LogP contribution in [0.15, 0.2) is 0 Å². The van der Waals surface area contributed by atoms with E-state index in [1.807, 2.05) is 0 Å². The van der Waals surface area contributed by atoms with Gasteiger partial charge in [0, 0.05) is 0 Å². The second-order valence-electron chi connectivity index (χ2n) is 26.6. The Morgan fingerprint density at radius 3 is 1.39 bits per heavy atom. The van der Waals surface area contributed by atoms with Gasteiger partial charge in [0.15, 0.2) is 25.2 Å². The number of aliphatic hydroxyl groups is 14. The predicted molar refractivity (Wildman–Crippen MR) is 263 cm³/mol. The summed E-state index contributed by atoms with van der Waals surface area (Å²) in [4.78, 5) is 0. The highest BCUT2D eigenvalue weighted by atomic mass is 16.8. The Labute approximate surface area is 445 Å². The highest BCUT2D eigenvalue weighted by molar-refractivity contribution is 5.20. The van der Waals surface area contributed by atoms with E-state index in [9.17, 15) is 71.5 Å². The summed E-state index contributed by atoms with van der Waals surface area (Å²) in [7, 11) is 0. The Morgan fingerprint density at radius 1 is 0.461 bits per heavy atom. The molecule has 9 rings (SSSR count). The van der Waals surface area contributed by atoms with E-state index in [-0.39, 0.29) is 28.1 Å². The van der Waals surface area contributed by atoms with E-state index >= 15 is 0 Å². The summed E-state index contributed by atoms with van der Waals surface area (Å²) in [6, 6.07) is 0. The molecule has 4 saturated heterocycles. The molecule has 14 N–H and O–H groups in total. The molecule has 4 aliphatic heterocycles. The first-order chi connectivity index (χ1) is 35.6. The maximum Gasteiger partial charge on any atom is 0.186 e. The topological polar surface area (TPSA) is 357 Å². The van der Waals surface area contributed by atoms with Crippen LogP contribution < -0.4 is 0 Å². The van der Waals surface area contributed by atoms with Crippen LogP contribution in [0.5, 0.6) is 0 Å². The van der Waals surface area contributed by atoms with Gasteiger partial charge in [0.25, 0.3) is 0 Å². The number of rotatable bonds is 12. The largest absolute Gasteiger partial charge is 0.394 e. The molecule has 0 bridgehead atoms. The van der Waals surface area contributed by atoms with E-state index < -0.39 is 167 Å². The molecule has 440 valence electrons. The van der Waals surface area contributed by atoms with Crippen molar-refractivity contribution in [2.75, 3.05) is 26.4 Å². The van der Waals surface area contributed by atoms with E-state index in [0.717, 1.165) is 25.7 Å². The first-order valence-corrected chi connectivity index (χ1v) is 28.1. The number of fused-ring (bicyclic) bond motifs is 7. The van der Waals surface area contributed by atoms with Crippen LogP contribution in [0, 0.1) is 62.6 Å². The monoisotopic (exact) mass is 1090 g/mol. The van der Waals surface area contributed by atoms with E-state index in [4.69, 9.17) is 37.9 Å². The van der Waals surface area contributed by atoms with Gasteiger partial charge in [-0.05, 0) is 120 Å². The Hall–Kier alpha value is -0.880. The SMILES string of the molecule is C[C@@H]1[C@H]2[C@H]3C[C@H](O)[C@@H]4[C@@]5(C)CC[C@H](O[C@H]6O[C@H](CO[C@H]7O[C@H](CO[C@H]8O[C@H](CO[C@H]9O[C@H](CO)[C@@H](O)[C@H](O)[C@H]9O)[C@@H](O)[C@H](O)[C@H]8O)[C@@H](O)[C@H](O)[C@H]7O)[C@@H](O)[C@H](O)[C@H]6O)C(C)(C)[C@@H]5CC[C@@]4(C)[C@]3(C)CC[C@@]2(C)CC[C@H]1C. The molecule has 0 aromatic rings. The maximum absolute atomic E-state index is 12.6. The van der Waals surface area contributed by atoms with Gasteiger partial charge in [-0.1, -0.05) is 55.4 Å². The van der Waals surface area contributed by atoms with Crippen molar-refractivity contribution in [3.05, 3.63) is 0 Å². The number of hydrogen-bond donors (Lipinski definition) is 14. The molecule has 9 aliphatic rings. The van der Waals surface area contributed by atoms with Crippen molar-refractivity contribution >= 4 is 0 Å². The van der Waals surface area contributed by atoms with Gasteiger partial charge in [-0.15, -0.1) is 0 Å². The van der Waals surface area contributed by atoms with Crippen LogP contribution in [0.3, 0.4) is 0 Å². The standard InChI is InChI=1S/C54H92O22/c1-22-9-12-51(5)15-16-53(7)24(32(51)23(22)2)17-25(56)45-52(6)13-11-31(50(3,4)30(52)10-14-54(45,53)8)76-49-44(68)40(64)36(60)29(75-49)21-71-48-43(67)39(63)35(59)28(74-48)20-70-47-42(66)38(62)34(58)27(73-47)19-69-46-41(65)37(61)33(57)26(18-55)72-46/h22-49,55-68H,9-21H2,1-8H3/t22-,23+,24-,25+,26-,27-,28-,29-,30+,31+,32+,33-,34-,35-,36-,37+,38+,39+,40+,41-,42-,43-,44-,45-,46+,47+,48+,49-,51-,52+,53-,54-/m1/s1. The summed E-state index contributed by atoms with van der Waals surface area (Å²) in [6.45, 7) is 16.6. The van der Waals surface area contributed by atoms with E-state index in [1.165, 1.54) is 25.7 Å². The number of aliphatic hydroxyl groups excluding tert-OH is 14. The summed E-state index contributed by atoms with van der Waals surface area (Å²) < 4.78 is 46.6. The van der Waals surface area contributed by atoms with Crippen molar-refractivity contribution in [1.82, 2.24) is 0 Å². The van der Waals surface area contributed by atoms with Crippen LogP contribution in [0.4, 0.5) is 0 Å². The van der Waals surface area contributed by atoms with Crippen molar-refractivity contribution in [3.8, 4) is 0 Å². The summed E-state index contributed by atoms with van der Waals surface area (Å²) in [5.74, 6) is 2.49. The molecule has 0 amide bonds. The van der Waals surface area contributed by atoms with Crippen LogP contribution in [0.1, 0.15) is 113 Å². The molecular formula is C54H92O22. The predicted octanol–water partition coefficient (Wildman–Crippen LogP) is -1.63. The molecule has 0 radical (unpaired) electrons. The summed E-state index contributed by atoms with van der Waals surface area (Å²) in [5.41, 5.74) is -0.408. The summed E-state index contributed by atoms with van der Waals surface area (Å²) in [6.07, 6.45) is -25.4. The molecule has 32 atom stereocenters. The molecule has 9 fully saturated rings. The van der Waals surface area contributed by atoms with Crippen molar-refractivity contribution < 1.29 is 109 Å². The Bertz CT molecular complexity index is 1970. The zero-order chi connectivity index (χ0) is 55.5. The fraction of sp³-hybridized carbons (Fsp3) is 1.00. The first kappa shape index (κ1) is 59.7. The molecule has 4 heterocycles. The van der Waals surface area contributed by atoms with E-state index in [1.54, 1.807) is 0 Å². The second kappa shape index (κ2) is 22.0. The minimum atomic E-state index is -1.89. The third kappa shape index (κ3) is 9.89. The van der Waals surface area contributed by atoms with E-state index in [2.05, 4.69) is 55.4 Å². The third-order valence-electron chi connectivity index (χ3n) is 22.3. The molecule has 0 aromatic carbocycles. The molecule has 22 heteroatoms. The Balaban J connectivity index is 0.818. The molecule has 5 aliphatic carbocycles. The molecular weight excluding hydrogens is 1000 g/mol. The van der Waals surface area contributed by atoms with E-state index in [0.29, 0.717) is 35.5 Å². The zero-order valence-electron chi connectivity index (χ0n) is 45.4. The zero-order valence-corrected chi connectivity index (χ0v) is 45.4. The lowest BCUT2D eigenvalue weighted by Crippen LogP contribution is -2.70. The number of ether oxygens (including phenoxy) is 8. The lowest BCUT2D eigenvalue weighted by molar-refractivity contribution is -0.354. The minimum Gasteiger partial charge on any atom is -0.394 e. The molecule has 5 saturated carbocycles. The molecule has 0 unspecified atom stereocenters. The van der Waals surface area contributed by atoms with Gasteiger partial charge in [0.2, 0.25) is 0 Å². The van der Waals surface area contributed by atoms with Crippen molar-refractivity contribution in [1.29, 1.82) is 0 Å². The van der Waals surface area contributed by atoms with Gasteiger partial charge in [0.05, 0.1) is 38.6 Å². The van der Waals surface area contributed by atoms with Gasteiger partial charge in [-0.25, -0.2) is 0 Å². The van der Waals surface area contributed by atoms with Crippen LogP contribution in [0.25, 0.3) is 0 Å². The normalized spacial score (nSPS) is 57.4. The summed E-state index contributed by atoms with van der Waals surface area (Å²) >= 11 is 0. The fourth-order valence-electron chi connectivity index (χ4n) is 17.5. The van der Waals surface area contributed by atoms with Gasteiger partial charge in [0.1, 0.15) is 97.7 Å². The first-order valence-electron chi connectivity index (χ1n) is 28.1. The van der Waals surface area contributed by atoms with Crippen LogP contribution in [-0.4, -0.2) is 233 Å². The Kier molecular flexibility index (Phi) is 17.3. The van der Waals surface area contributed by atoms with Gasteiger partial charge < -0.3 is 109 Å². The lowest BCUT2D eigenvalue weighted by Gasteiger charge is -2.74. The highest BCUT2D eigenvalue weighted by Crippen LogP contribution is 2.77. The second-order valence-corrected chi connectivity index (χ2v) is 26.6. The highest BCUT2D eigenvalue weighted by Gasteiger charge is 2.72. The molecule has 22 nitrogen and oxygen atoms in total. The number of hydrogen-bond acceptors (Lipinski definition) is 22. The van der Waals surface area contributed by atoms with Gasteiger partial charge >= 0.3 is 0 Å². The van der Waals surface area contributed by atoms with Crippen molar-refractivity contribution in [3.63, 3.8) is 0 Å². The fourth-order valence-corrected chi connectivity index (χ4v) is 17.5. The minimum absolute atomic E-state index is 0.0708. The Morgan fingerprint density at radius 2 is 0.908 bits per heavy atom. The van der Waals surface area contributed by atoms with Crippen LogP contribution in [0.2, 0.25) is 0 Å². The average molecular weight is 1090 g/mol. The molecule has 76 heavy (non-hydrogen) atoms. The third-order valence-corrected chi connectivity index (χ3v) is 22.3. The summed E-state index contributed by atoms with van der Waals surface area (Å²) in [5, 5.41) is 151. The van der Waals surface area contributed by atoms with Crippen LogP contribution in [-0.2, 0) is 37.9 Å². The maximum atomic E-state index is 12.6. The van der Waals surface area contributed by atoms with Crippen LogP contribution >= 0.6 is 0 Å². The van der Waals surface area contributed by atoms with Crippen molar-refractivity contribution in [2.45, 2.75) is 248 Å². The molecule has 0 aromatic heterocycles. The van der Waals surface area contributed by atoms with Crippen molar-refractivity contribution in [2.24, 2.45) is 62.6 Å².